The number of rotatable bonds is 5. The highest BCUT2D eigenvalue weighted by Gasteiger charge is 2.18. The molecule has 5 N–H and O–H groups in total. The van der Waals surface area contributed by atoms with Gasteiger partial charge >= 0.3 is 5.97 Å². The number of carboxylic acids is 1. The molecule has 6 heteroatoms. The van der Waals surface area contributed by atoms with Crippen LogP contribution < -0.4 is 11.5 Å². The second-order valence-corrected chi connectivity index (χ2v) is 3.88. The number of aliphatic carboxylic acids is 1. The highest BCUT2D eigenvalue weighted by molar-refractivity contribution is 8.13. The van der Waals surface area contributed by atoms with Crippen molar-refractivity contribution in [3.63, 3.8) is 0 Å². The van der Waals surface area contributed by atoms with Crippen molar-refractivity contribution in [2.24, 2.45) is 22.4 Å². The molecule has 0 amide bonds. The highest BCUT2D eigenvalue weighted by atomic mass is 32.2. The van der Waals surface area contributed by atoms with E-state index in [2.05, 4.69) is 4.99 Å². The molecule has 0 heterocycles. The Balaban J connectivity index is 3.85. The van der Waals surface area contributed by atoms with Crippen LogP contribution in [0.4, 0.5) is 0 Å². The third-order valence-electron chi connectivity index (χ3n) is 1.96. The molecule has 0 saturated carbocycles. The van der Waals surface area contributed by atoms with E-state index in [1.54, 1.807) is 6.92 Å². The van der Waals surface area contributed by atoms with Crippen LogP contribution in [0.1, 0.15) is 13.3 Å². The Labute approximate surface area is 87.9 Å². The summed E-state index contributed by atoms with van der Waals surface area (Å²) in [5, 5.41) is 9.13. The Morgan fingerprint density at radius 2 is 2.21 bits per heavy atom. The molecular formula is C8H17N3O2S. The Kier molecular flexibility index (Phi) is 6.31. The number of thioether (sulfide) groups is 1. The second-order valence-electron chi connectivity index (χ2n) is 3.05. The molecule has 0 spiro atoms. The van der Waals surface area contributed by atoms with E-state index in [-0.39, 0.29) is 5.92 Å². The lowest BCUT2D eigenvalue weighted by Gasteiger charge is -2.14. The van der Waals surface area contributed by atoms with E-state index >= 15 is 0 Å². The van der Waals surface area contributed by atoms with Crippen LogP contribution in [-0.2, 0) is 4.79 Å². The summed E-state index contributed by atoms with van der Waals surface area (Å²) in [7, 11) is 0. The van der Waals surface area contributed by atoms with Gasteiger partial charge in [-0.3, -0.25) is 9.79 Å². The number of hydrogen-bond acceptors (Lipinski definition) is 4. The van der Waals surface area contributed by atoms with Gasteiger partial charge < -0.3 is 16.6 Å². The molecule has 0 unspecified atom stereocenters. The molecule has 0 fully saturated rings. The van der Waals surface area contributed by atoms with Crippen molar-refractivity contribution >= 4 is 22.9 Å². The van der Waals surface area contributed by atoms with Gasteiger partial charge in [0, 0.05) is 6.54 Å². The molecule has 5 nitrogen and oxygen atoms in total. The van der Waals surface area contributed by atoms with Gasteiger partial charge in [0.15, 0.2) is 5.17 Å². The van der Waals surface area contributed by atoms with Crippen LogP contribution in [0.2, 0.25) is 0 Å². The maximum atomic E-state index is 10.5. The third-order valence-corrected chi connectivity index (χ3v) is 2.51. The van der Waals surface area contributed by atoms with E-state index in [1.807, 2.05) is 6.26 Å². The van der Waals surface area contributed by atoms with Crippen molar-refractivity contribution in [1.82, 2.24) is 0 Å². The number of aliphatic imine (C=N–C) groups is 1. The SMILES string of the molecule is CSC(N)=NCC[C@@H](C)[C@H](N)C(=O)O. The second kappa shape index (κ2) is 6.67. The molecule has 0 saturated heterocycles. The van der Waals surface area contributed by atoms with Gasteiger partial charge in [0.2, 0.25) is 0 Å². The van der Waals surface area contributed by atoms with E-state index in [4.69, 9.17) is 16.6 Å². The number of carboxylic acid groups (broad SMARTS) is 1. The van der Waals surface area contributed by atoms with Crippen molar-refractivity contribution in [2.75, 3.05) is 12.8 Å². The fraction of sp³-hybridized carbons (Fsp3) is 0.750. The first kappa shape index (κ1) is 13.2. The largest absolute Gasteiger partial charge is 0.480 e. The standard InChI is InChI=1S/C8H17N3O2S/c1-5(6(9)7(12)13)3-4-11-8(10)14-2/h5-6H,3-4,9H2,1-2H3,(H2,10,11)(H,12,13)/t5-,6+/m1/s1. The Hall–Kier alpha value is -0.750. The van der Waals surface area contributed by atoms with Gasteiger partial charge in [0.05, 0.1) is 0 Å². The average Bonchev–Trinajstić information content (AvgIpc) is 2.15. The molecule has 0 aliphatic heterocycles. The summed E-state index contributed by atoms with van der Waals surface area (Å²) in [6, 6.07) is -0.819. The molecule has 0 aromatic heterocycles. The van der Waals surface area contributed by atoms with Gasteiger partial charge in [-0.25, -0.2) is 0 Å². The molecule has 0 aromatic rings. The molecule has 0 radical (unpaired) electrons. The third kappa shape index (κ3) is 5.08. The summed E-state index contributed by atoms with van der Waals surface area (Å²) in [4.78, 5) is 14.5. The normalized spacial score (nSPS) is 16.4. The van der Waals surface area contributed by atoms with Crippen molar-refractivity contribution in [1.29, 1.82) is 0 Å². The minimum atomic E-state index is -0.973. The van der Waals surface area contributed by atoms with Crippen LogP contribution in [0.5, 0.6) is 0 Å². The van der Waals surface area contributed by atoms with Crippen molar-refractivity contribution in [2.45, 2.75) is 19.4 Å². The van der Waals surface area contributed by atoms with Gasteiger partial charge in [0.25, 0.3) is 0 Å². The summed E-state index contributed by atoms with van der Waals surface area (Å²) >= 11 is 1.37. The summed E-state index contributed by atoms with van der Waals surface area (Å²) in [5.41, 5.74) is 10.9. The average molecular weight is 219 g/mol. The van der Waals surface area contributed by atoms with Crippen LogP contribution in [0.15, 0.2) is 4.99 Å². The van der Waals surface area contributed by atoms with Gasteiger partial charge in [-0.1, -0.05) is 18.7 Å². The monoisotopic (exact) mass is 219 g/mol. The fourth-order valence-corrected chi connectivity index (χ4v) is 1.09. The molecule has 0 aliphatic rings. The summed E-state index contributed by atoms with van der Waals surface area (Å²) < 4.78 is 0. The maximum Gasteiger partial charge on any atom is 0.320 e. The Bertz CT molecular complexity index is 221. The van der Waals surface area contributed by atoms with E-state index in [1.165, 1.54) is 11.8 Å². The maximum absolute atomic E-state index is 10.5. The number of amidine groups is 1. The van der Waals surface area contributed by atoms with E-state index in [0.29, 0.717) is 18.1 Å². The fourth-order valence-electron chi connectivity index (χ4n) is 0.866. The number of carbonyl (C=O) groups is 1. The summed E-state index contributed by atoms with van der Waals surface area (Å²) in [6.07, 6.45) is 2.47. The smallest absolute Gasteiger partial charge is 0.320 e. The Morgan fingerprint density at radius 1 is 1.64 bits per heavy atom. The van der Waals surface area contributed by atoms with Crippen molar-refractivity contribution in [3.8, 4) is 0 Å². The zero-order valence-corrected chi connectivity index (χ0v) is 9.25. The van der Waals surface area contributed by atoms with Gasteiger partial charge in [-0.05, 0) is 18.6 Å². The molecule has 0 aromatic carbocycles. The van der Waals surface area contributed by atoms with Crippen LogP contribution in [0.3, 0.4) is 0 Å². The lowest BCUT2D eigenvalue weighted by molar-refractivity contribution is -0.139. The first-order chi connectivity index (χ1) is 6.49. The zero-order valence-electron chi connectivity index (χ0n) is 8.43. The Morgan fingerprint density at radius 3 is 2.64 bits per heavy atom. The molecule has 82 valence electrons. The van der Waals surface area contributed by atoms with Crippen LogP contribution in [0.25, 0.3) is 0 Å². The quantitative estimate of drug-likeness (QED) is 0.449. The van der Waals surface area contributed by atoms with Crippen LogP contribution in [0, 0.1) is 5.92 Å². The number of nitrogens with two attached hydrogens (primary N) is 2. The first-order valence-electron chi connectivity index (χ1n) is 4.31. The number of nitrogens with zero attached hydrogens (tertiary/aromatic N) is 1. The van der Waals surface area contributed by atoms with Crippen molar-refractivity contribution in [3.05, 3.63) is 0 Å². The number of hydrogen-bond donors (Lipinski definition) is 3. The predicted octanol–water partition coefficient (Wildman–Crippen LogP) is 0.102. The molecule has 0 bridgehead atoms. The van der Waals surface area contributed by atoms with Gasteiger partial charge in [-0.2, -0.15) is 0 Å². The first-order valence-corrected chi connectivity index (χ1v) is 5.53. The molecule has 14 heavy (non-hydrogen) atoms. The molecular weight excluding hydrogens is 202 g/mol. The topological polar surface area (TPSA) is 102 Å². The van der Waals surface area contributed by atoms with E-state index in [9.17, 15) is 4.79 Å². The zero-order chi connectivity index (χ0) is 11.1. The molecule has 2 atom stereocenters. The summed E-state index contributed by atoms with van der Waals surface area (Å²) in [5.74, 6) is -1.06. The minimum absolute atomic E-state index is 0.0918. The predicted molar refractivity (Wildman–Crippen MR) is 59.4 cm³/mol. The summed E-state index contributed by atoms with van der Waals surface area (Å²) in [6.45, 7) is 2.32. The molecule has 0 aliphatic carbocycles. The highest BCUT2D eigenvalue weighted by Crippen LogP contribution is 2.07. The minimum Gasteiger partial charge on any atom is -0.480 e. The van der Waals surface area contributed by atoms with Gasteiger partial charge in [0.1, 0.15) is 6.04 Å². The van der Waals surface area contributed by atoms with E-state index < -0.39 is 12.0 Å². The lowest BCUT2D eigenvalue weighted by atomic mass is 9.99. The molecule has 0 rings (SSSR count). The van der Waals surface area contributed by atoms with Crippen molar-refractivity contribution < 1.29 is 9.90 Å². The van der Waals surface area contributed by atoms with E-state index in [0.717, 1.165) is 0 Å². The lowest BCUT2D eigenvalue weighted by Crippen LogP contribution is -2.36. The van der Waals surface area contributed by atoms with Crippen LogP contribution in [-0.4, -0.2) is 35.1 Å². The van der Waals surface area contributed by atoms with Gasteiger partial charge in [-0.15, -0.1) is 0 Å². The van der Waals surface area contributed by atoms with Crippen LogP contribution >= 0.6 is 11.8 Å².